The zero-order valence-corrected chi connectivity index (χ0v) is 24.9. The van der Waals surface area contributed by atoms with Crippen LogP contribution >= 0.6 is 11.3 Å². The van der Waals surface area contributed by atoms with E-state index in [2.05, 4.69) is 78.5 Å². The van der Waals surface area contributed by atoms with Crippen molar-refractivity contribution in [3.63, 3.8) is 0 Å². The van der Waals surface area contributed by atoms with Crippen LogP contribution in [0.25, 0.3) is 27.2 Å². The zero-order valence-electron chi connectivity index (χ0n) is 24.1. The standard InChI is InChI=1S/C32H33N9OS/c1-3-40(4-2)17-14-30(42)38-25-8-5-7-23(19-25)27-9-6-10-29-28(27)13-18-41(29)32-36-21-26(43-32)20-35-31(37-22-33)39-24-11-15-34-16-12-24/h5-13,15-16,18-19,21H,3-4,14,17,20H2,1-2H3,(H,38,42)(H2,34,35,37,39). The smallest absolute Gasteiger partial charge is 0.225 e. The van der Waals surface area contributed by atoms with Crippen LogP contribution in [0.5, 0.6) is 0 Å². The van der Waals surface area contributed by atoms with E-state index in [-0.39, 0.29) is 5.91 Å². The van der Waals surface area contributed by atoms with Crippen LogP contribution in [0.15, 0.2) is 90.4 Å². The van der Waals surface area contributed by atoms with Crippen LogP contribution in [-0.4, -0.2) is 50.9 Å². The summed E-state index contributed by atoms with van der Waals surface area (Å²) in [6.45, 7) is 7.19. The maximum absolute atomic E-state index is 12.6. The molecule has 0 aliphatic heterocycles. The Balaban J connectivity index is 1.32. The fraction of sp³-hybridized carbons (Fsp3) is 0.219. The molecule has 43 heavy (non-hydrogen) atoms. The summed E-state index contributed by atoms with van der Waals surface area (Å²) >= 11 is 1.54. The number of carbonyl (C=O) groups excluding carboxylic acids is 1. The van der Waals surface area contributed by atoms with E-state index < -0.39 is 0 Å². The maximum Gasteiger partial charge on any atom is 0.225 e. The Morgan fingerprint density at radius 2 is 1.86 bits per heavy atom. The highest BCUT2D eigenvalue weighted by molar-refractivity contribution is 7.14. The molecule has 1 amide bonds. The molecule has 0 bridgehead atoms. The first-order valence-electron chi connectivity index (χ1n) is 14.1. The lowest BCUT2D eigenvalue weighted by atomic mass is 10.0. The number of hydrogen-bond donors (Lipinski definition) is 3. The van der Waals surface area contributed by atoms with Gasteiger partial charge in [0.25, 0.3) is 0 Å². The van der Waals surface area contributed by atoms with Crippen molar-refractivity contribution in [1.29, 1.82) is 5.26 Å². The minimum atomic E-state index is 0.0148. The Kier molecular flexibility index (Phi) is 9.74. The third kappa shape index (κ3) is 7.43. The van der Waals surface area contributed by atoms with Gasteiger partial charge in [-0.15, -0.1) is 0 Å². The van der Waals surface area contributed by atoms with Crippen molar-refractivity contribution in [2.75, 3.05) is 30.3 Å². The lowest BCUT2D eigenvalue weighted by molar-refractivity contribution is -0.116. The minimum Gasteiger partial charge on any atom is -0.326 e. The van der Waals surface area contributed by atoms with E-state index in [0.29, 0.717) is 18.9 Å². The molecule has 0 aliphatic carbocycles. The Bertz CT molecular complexity index is 1750. The Morgan fingerprint density at radius 1 is 1.05 bits per heavy atom. The van der Waals surface area contributed by atoms with Crippen molar-refractivity contribution in [2.24, 2.45) is 4.99 Å². The Hall–Kier alpha value is -5.05. The number of thiazole rings is 1. The number of hydrogen-bond acceptors (Lipinski definition) is 7. The average Bonchev–Trinajstić information content (AvgIpc) is 3.68. The highest BCUT2D eigenvalue weighted by atomic mass is 32.1. The number of nitrogens with one attached hydrogen (secondary N) is 3. The van der Waals surface area contributed by atoms with Crippen LogP contribution in [0.1, 0.15) is 25.1 Å². The fourth-order valence-electron chi connectivity index (χ4n) is 4.75. The Morgan fingerprint density at radius 3 is 2.65 bits per heavy atom. The van der Waals surface area contributed by atoms with E-state index in [1.165, 1.54) is 11.3 Å². The number of pyridine rings is 1. The van der Waals surface area contributed by atoms with Crippen molar-refractivity contribution in [2.45, 2.75) is 26.8 Å². The van der Waals surface area contributed by atoms with Crippen molar-refractivity contribution in [3.05, 3.63) is 90.3 Å². The SMILES string of the molecule is CCN(CC)CCC(=O)Nc1cccc(-c2cccc3c2ccn3-c2ncc(CN=C(NC#N)Nc3ccncc3)s2)c1. The monoisotopic (exact) mass is 591 g/mol. The number of guanidine groups is 1. The summed E-state index contributed by atoms with van der Waals surface area (Å²) in [7, 11) is 0. The first-order chi connectivity index (χ1) is 21.1. The van der Waals surface area contributed by atoms with E-state index in [1.807, 2.05) is 42.9 Å². The fourth-order valence-corrected chi connectivity index (χ4v) is 5.58. The highest BCUT2D eigenvalue weighted by Crippen LogP contribution is 2.33. The summed E-state index contributed by atoms with van der Waals surface area (Å²) in [4.78, 5) is 29.0. The number of rotatable bonds is 11. The molecule has 0 unspecified atom stereocenters. The van der Waals surface area contributed by atoms with Gasteiger partial charge in [-0.1, -0.05) is 49.4 Å². The number of carbonyl (C=O) groups is 1. The van der Waals surface area contributed by atoms with Gasteiger partial charge in [-0.3, -0.25) is 19.7 Å². The normalized spacial score (nSPS) is 11.4. The number of anilines is 2. The predicted molar refractivity (Wildman–Crippen MR) is 173 cm³/mol. The van der Waals surface area contributed by atoms with Crippen LogP contribution in [0.3, 0.4) is 0 Å². The molecule has 10 nitrogen and oxygen atoms in total. The van der Waals surface area contributed by atoms with Gasteiger partial charge < -0.3 is 15.5 Å². The first-order valence-corrected chi connectivity index (χ1v) is 14.9. The molecule has 5 aromatic rings. The second-order valence-corrected chi connectivity index (χ2v) is 10.8. The van der Waals surface area contributed by atoms with Crippen molar-refractivity contribution >= 4 is 45.5 Å². The average molecular weight is 592 g/mol. The molecule has 3 heterocycles. The van der Waals surface area contributed by atoms with Crippen LogP contribution < -0.4 is 16.0 Å². The molecule has 3 aromatic heterocycles. The van der Waals surface area contributed by atoms with Gasteiger partial charge >= 0.3 is 0 Å². The van der Waals surface area contributed by atoms with Crippen LogP contribution in [0.4, 0.5) is 11.4 Å². The molecule has 0 saturated heterocycles. The third-order valence-corrected chi connectivity index (χ3v) is 7.98. The topological polar surface area (TPSA) is 123 Å². The largest absolute Gasteiger partial charge is 0.326 e. The number of fused-ring (bicyclic) bond motifs is 1. The molecule has 11 heteroatoms. The molecule has 2 aromatic carbocycles. The molecular weight excluding hydrogens is 558 g/mol. The summed E-state index contributed by atoms with van der Waals surface area (Å²) < 4.78 is 2.07. The highest BCUT2D eigenvalue weighted by Gasteiger charge is 2.13. The number of nitrogens with zero attached hydrogens (tertiary/aromatic N) is 6. The molecule has 0 atom stereocenters. The first kappa shape index (κ1) is 29.4. The number of aromatic nitrogens is 3. The van der Waals surface area contributed by atoms with Crippen LogP contribution in [-0.2, 0) is 11.3 Å². The van der Waals surface area contributed by atoms with Crippen molar-refractivity contribution < 1.29 is 4.79 Å². The van der Waals surface area contributed by atoms with Gasteiger partial charge in [0.05, 0.1) is 12.1 Å². The maximum atomic E-state index is 12.6. The minimum absolute atomic E-state index is 0.0148. The zero-order chi connectivity index (χ0) is 30.0. The van der Waals surface area contributed by atoms with E-state index in [0.717, 1.165) is 63.0 Å². The Labute approximate surface area is 254 Å². The van der Waals surface area contributed by atoms with Gasteiger partial charge in [0.15, 0.2) is 11.3 Å². The van der Waals surface area contributed by atoms with Gasteiger partial charge in [0, 0.05) is 59.4 Å². The molecule has 0 aliphatic rings. The second-order valence-electron chi connectivity index (χ2n) is 9.70. The predicted octanol–water partition coefficient (Wildman–Crippen LogP) is 5.86. The van der Waals surface area contributed by atoms with E-state index in [9.17, 15) is 4.79 Å². The molecule has 5 rings (SSSR count). The molecule has 0 spiro atoms. The molecule has 218 valence electrons. The van der Waals surface area contributed by atoms with Gasteiger partial charge in [-0.05, 0) is 60.6 Å². The summed E-state index contributed by atoms with van der Waals surface area (Å²) in [5.74, 6) is 0.364. The van der Waals surface area contributed by atoms with Gasteiger partial charge in [-0.25, -0.2) is 9.98 Å². The second kappa shape index (κ2) is 14.2. The molecule has 0 fully saturated rings. The lowest BCUT2D eigenvalue weighted by Crippen LogP contribution is -2.27. The summed E-state index contributed by atoms with van der Waals surface area (Å²) in [6, 6.07) is 19.9. The summed E-state index contributed by atoms with van der Waals surface area (Å²) in [6.07, 6.45) is 9.54. The van der Waals surface area contributed by atoms with Gasteiger partial charge in [0.2, 0.25) is 11.9 Å². The van der Waals surface area contributed by atoms with E-state index in [4.69, 9.17) is 5.26 Å². The lowest BCUT2D eigenvalue weighted by Gasteiger charge is -2.17. The number of aliphatic imine (C=N–C) groups is 1. The van der Waals surface area contributed by atoms with Crippen molar-refractivity contribution in [3.8, 4) is 22.5 Å². The molecule has 3 N–H and O–H groups in total. The number of nitriles is 1. The molecule has 0 saturated carbocycles. The van der Waals surface area contributed by atoms with Crippen molar-refractivity contribution in [1.82, 2.24) is 24.8 Å². The number of benzene rings is 2. The van der Waals surface area contributed by atoms with E-state index in [1.54, 1.807) is 24.5 Å². The van der Waals surface area contributed by atoms with E-state index >= 15 is 0 Å². The summed E-state index contributed by atoms with van der Waals surface area (Å²) in [5, 5.41) is 19.8. The van der Waals surface area contributed by atoms with Gasteiger partial charge in [-0.2, -0.15) is 5.26 Å². The van der Waals surface area contributed by atoms with Gasteiger partial charge in [0.1, 0.15) is 0 Å². The quantitative estimate of drug-likeness (QED) is 0.0761. The number of amides is 1. The third-order valence-electron chi connectivity index (χ3n) is 7.00. The van der Waals surface area contributed by atoms with Crippen LogP contribution in [0, 0.1) is 11.5 Å². The summed E-state index contributed by atoms with van der Waals surface area (Å²) in [5.41, 5.74) is 4.69. The molecular formula is C32H33N9OS. The van der Waals surface area contributed by atoms with Crippen LogP contribution in [0.2, 0.25) is 0 Å². The molecule has 0 radical (unpaired) electrons.